The van der Waals surface area contributed by atoms with Gasteiger partial charge in [-0.15, -0.1) is 9.38 Å². The van der Waals surface area contributed by atoms with Crippen LogP contribution >= 0.6 is 0 Å². The summed E-state index contributed by atoms with van der Waals surface area (Å²) in [6.07, 6.45) is 2.47. The molecule has 0 saturated carbocycles. The molecule has 36 heavy (non-hydrogen) atoms. The molecule has 1 atom stereocenters. The molecular weight excluding hydrogens is 455 g/mol. The van der Waals surface area contributed by atoms with Gasteiger partial charge in [-0.2, -0.15) is 4.68 Å². The normalized spacial score (nSPS) is 15.2. The van der Waals surface area contributed by atoms with Crippen LogP contribution in [0.5, 0.6) is 0 Å². The SMILES string of the molecule is Cc1cc(-c2c(-c3ccccc3)nc(N)[n+]3c(=O)n([C@@H]4CCCc5ccc(F)cc54)[nH]c23)cc(C)n1. The highest BCUT2D eigenvalue weighted by atomic mass is 19.1. The van der Waals surface area contributed by atoms with Crippen LogP contribution in [0.25, 0.3) is 28.0 Å². The van der Waals surface area contributed by atoms with Crippen molar-refractivity contribution in [1.29, 1.82) is 0 Å². The molecule has 7 nitrogen and oxygen atoms in total. The van der Waals surface area contributed by atoms with Crippen LogP contribution in [0.2, 0.25) is 0 Å². The number of rotatable bonds is 3. The van der Waals surface area contributed by atoms with Gasteiger partial charge < -0.3 is 5.73 Å². The number of fused-ring (bicyclic) bond motifs is 2. The van der Waals surface area contributed by atoms with E-state index < -0.39 is 0 Å². The van der Waals surface area contributed by atoms with E-state index in [0.717, 1.165) is 52.0 Å². The van der Waals surface area contributed by atoms with Gasteiger partial charge in [0, 0.05) is 17.0 Å². The molecule has 0 saturated heterocycles. The van der Waals surface area contributed by atoms with E-state index in [2.05, 4.69) is 10.1 Å². The summed E-state index contributed by atoms with van der Waals surface area (Å²) in [6, 6.07) is 18.2. The van der Waals surface area contributed by atoms with Crippen LogP contribution in [0.4, 0.5) is 10.3 Å². The van der Waals surface area contributed by atoms with Crippen LogP contribution in [-0.4, -0.2) is 19.7 Å². The van der Waals surface area contributed by atoms with Gasteiger partial charge in [-0.25, -0.2) is 14.3 Å². The molecule has 5 aromatic rings. The van der Waals surface area contributed by atoms with Gasteiger partial charge in [0.2, 0.25) is 5.65 Å². The van der Waals surface area contributed by atoms with Crippen molar-refractivity contribution in [2.45, 2.75) is 39.2 Å². The van der Waals surface area contributed by atoms with Gasteiger partial charge in [0.25, 0.3) is 0 Å². The first kappa shape index (κ1) is 22.2. The van der Waals surface area contributed by atoms with E-state index in [0.29, 0.717) is 17.8 Å². The molecule has 0 radical (unpaired) electrons. The summed E-state index contributed by atoms with van der Waals surface area (Å²) in [5, 5.41) is 3.36. The molecule has 0 aliphatic heterocycles. The summed E-state index contributed by atoms with van der Waals surface area (Å²) < 4.78 is 17.2. The molecule has 1 aliphatic carbocycles. The van der Waals surface area contributed by atoms with Crippen LogP contribution in [0.15, 0.2) is 65.5 Å². The summed E-state index contributed by atoms with van der Waals surface area (Å²) >= 11 is 0. The average Bonchev–Trinajstić information content (AvgIpc) is 3.20. The minimum absolute atomic E-state index is 0.0883. The zero-order chi connectivity index (χ0) is 25.0. The summed E-state index contributed by atoms with van der Waals surface area (Å²) in [7, 11) is 0. The zero-order valence-corrected chi connectivity index (χ0v) is 20.1. The van der Waals surface area contributed by atoms with E-state index in [1.165, 1.54) is 16.5 Å². The Hall–Kier alpha value is -4.33. The predicted octanol–water partition coefficient (Wildman–Crippen LogP) is 4.30. The fourth-order valence-electron chi connectivity index (χ4n) is 5.41. The second kappa shape index (κ2) is 8.41. The van der Waals surface area contributed by atoms with E-state index in [9.17, 15) is 9.18 Å². The number of nitrogens with one attached hydrogen (secondary N) is 1. The van der Waals surface area contributed by atoms with E-state index in [1.54, 1.807) is 4.68 Å². The Morgan fingerprint density at radius 3 is 2.53 bits per heavy atom. The molecule has 180 valence electrons. The van der Waals surface area contributed by atoms with Crippen molar-refractivity contribution < 1.29 is 8.79 Å². The number of aromatic nitrogens is 5. The zero-order valence-electron chi connectivity index (χ0n) is 20.1. The molecule has 0 spiro atoms. The van der Waals surface area contributed by atoms with Crippen LogP contribution in [0.1, 0.15) is 41.4 Å². The molecule has 2 aromatic carbocycles. The number of aromatic amines is 1. The highest BCUT2D eigenvalue weighted by Crippen LogP contribution is 2.35. The number of pyridine rings is 1. The van der Waals surface area contributed by atoms with Crippen molar-refractivity contribution in [3.8, 4) is 22.4 Å². The third-order valence-electron chi connectivity index (χ3n) is 6.90. The second-order valence-electron chi connectivity index (χ2n) is 9.40. The second-order valence-corrected chi connectivity index (χ2v) is 9.40. The first-order chi connectivity index (χ1) is 17.4. The number of nitrogen functional groups attached to an aromatic ring is 1. The number of anilines is 1. The Balaban J connectivity index is 1.68. The Kier molecular flexibility index (Phi) is 5.17. The smallest absolute Gasteiger partial charge is 0.319 e. The number of aryl methyl sites for hydroxylation is 3. The fraction of sp³-hybridized carbons (Fsp3) is 0.214. The number of hydrogen-bond acceptors (Lipinski definition) is 4. The summed E-state index contributed by atoms with van der Waals surface area (Å²) in [5.41, 5.74) is 13.4. The van der Waals surface area contributed by atoms with Gasteiger partial charge >= 0.3 is 11.6 Å². The largest absolute Gasteiger partial charge is 0.428 e. The number of H-pyrrole nitrogens is 1. The van der Waals surface area contributed by atoms with Gasteiger partial charge in [-0.1, -0.05) is 36.4 Å². The van der Waals surface area contributed by atoms with Crippen molar-refractivity contribution in [1.82, 2.24) is 19.7 Å². The Labute approximate surface area is 207 Å². The lowest BCUT2D eigenvalue weighted by Gasteiger charge is -2.23. The van der Waals surface area contributed by atoms with Crippen LogP contribution in [0, 0.1) is 19.7 Å². The maximum atomic E-state index is 14.2. The molecule has 3 aromatic heterocycles. The molecular formula is C28H26FN6O+. The predicted molar refractivity (Wildman–Crippen MR) is 136 cm³/mol. The van der Waals surface area contributed by atoms with Gasteiger partial charge in [-0.05, 0) is 74.1 Å². The quantitative estimate of drug-likeness (QED) is 0.376. The Morgan fingerprint density at radius 1 is 1.03 bits per heavy atom. The molecule has 3 heterocycles. The standard InChI is InChI=1S/C28H25FN6O/c1-16-13-20(14-17(2)31-16)24-25(19-7-4-3-5-8-19)32-27(30)34-26(24)33-35(28(34)36)23-10-6-9-18-11-12-21(29)15-22(18)23/h3-5,7-8,11-15,23H,6,9-10H2,1-2H3,(H2,30,31,32,33)/p+1/t23-/m1/s1. The first-order valence-electron chi connectivity index (χ1n) is 12.1. The van der Waals surface area contributed by atoms with Crippen LogP contribution in [0.3, 0.4) is 0 Å². The first-order valence-corrected chi connectivity index (χ1v) is 12.1. The Bertz CT molecular complexity index is 1670. The van der Waals surface area contributed by atoms with Crippen molar-refractivity contribution in [3.63, 3.8) is 0 Å². The lowest BCUT2D eigenvalue weighted by atomic mass is 9.88. The molecule has 1 aliphatic rings. The van der Waals surface area contributed by atoms with Crippen molar-refractivity contribution >= 4 is 11.6 Å². The average molecular weight is 482 g/mol. The van der Waals surface area contributed by atoms with Crippen LogP contribution in [-0.2, 0) is 6.42 Å². The summed E-state index contributed by atoms with van der Waals surface area (Å²) in [5.74, 6) is -0.223. The Morgan fingerprint density at radius 2 is 1.78 bits per heavy atom. The minimum Gasteiger partial charge on any atom is -0.319 e. The highest BCUT2D eigenvalue weighted by Gasteiger charge is 2.31. The fourth-order valence-corrected chi connectivity index (χ4v) is 5.41. The number of nitrogens with two attached hydrogens (primary N) is 1. The van der Waals surface area contributed by atoms with E-state index in [4.69, 9.17) is 10.7 Å². The third kappa shape index (κ3) is 3.57. The topological polar surface area (TPSA) is 93.7 Å². The van der Waals surface area contributed by atoms with Gasteiger partial charge in [0.1, 0.15) is 17.6 Å². The lowest BCUT2D eigenvalue weighted by molar-refractivity contribution is -0.517. The number of halogens is 1. The summed E-state index contributed by atoms with van der Waals surface area (Å²) in [6.45, 7) is 3.88. The van der Waals surface area contributed by atoms with Gasteiger partial charge in [-0.3, -0.25) is 4.98 Å². The maximum absolute atomic E-state index is 14.2. The van der Waals surface area contributed by atoms with Crippen molar-refractivity contribution in [3.05, 3.63) is 99.5 Å². The van der Waals surface area contributed by atoms with Gasteiger partial charge in [0.15, 0.2) is 0 Å². The number of benzene rings is 2. The number of hydrogen-bond donors (Lipinski definition) is 2. The molecule has 0 amide bonds. The molecule has 6 rings (SSSR count). The molecule has 8 heteroatoms. The van der Waals surface area contributed by atoms with E-state index in [1.807, 2.05) is 62.4 Å². The van der Waals surface area contributed by atoms with Crippen molar-refractivity contribution in [2.75, 3.05) is 5.73 Å². The number of nitrogens with zero attached hydrogens (tertiary/aromatic N) is 4. The maximum Gasteiger partial charge on any atom is 0.428 e. The minimum atomic E-state index is -0.333. The third-order valence-corrected chi connectivity index (χ3v) is 6.90. The van der Waals surface area contributed by atoms with E-state index in [-0.39, 0.29) is 23.5 Å². The lowest BCUT2D eigenvalue weighted by Crippen LogP contribution is -2.45. The van der Waals surface area contributed by atoms with Crippen LogP contribution < -0.4 is 15.8 Å². The monoisotopic (exact) mass is 481 g/mol. The molecule has 0 fully saturated rings. The molecule has 0 unspecified atom stereocenters. The van der Waals surface area contributed by atoms with E-state index >= 15 is 0 Å². The molecule has 3 N–H and O–H groups in total. The highest BCUT2D eigenvalue weighted by molar-refractivity contribution is 5.88. The van der Waals surface area contributed by atoms with Crippen molar-refractivity contribution in [2.24, 2.45) is 0 Å². The summed E-state index contributed by atoms with van der Waals surface area (Å²) in [4.78, 5) is 23.0. The molecule has 0 bridgehead atoms. The van der Waals surface area contributed by atoms with Gasteiger partial charge in [0.05, 0.1) is 5.56 Å².